The van der Waals surface area contributed by atoms with Gasteiger partial charge in [-0.25, -0.2) is 0 Å². The number of aliphatic imine (C=N–C) groups is 1. The molecular weight excluding hydrogens is 398 g/mol. The normalized spacial score (nSPS) is 36.3. The lowest BCUT2D eigenvalue weighted by atomic mass is 9.84. The number of allylic oxidation sites excluding steroid dienone is 1. The van der Waals surface area contributed by atoms with Crippen LogP contribution in [0.25, 0.3) is 0 Å². The van der Waals surface area contributed by atoms with Crippen molar-refractivity contribution in [3.8, 4) is 5.75 Å². The van der Waals surface area contributed by atoms with E-state index in [0.29, 0.717) is 23.5 Å². The van der Waals surface area contributed by atoms with Gasteiger partial charge in [0, 0.05) is 12.8 Å². The molecule has 1 aromatic carbocycles. The molecule has 0 aromatic heterocycles. The molecule has 3 aliphatic heterocycles. The van der Waals surface area contributed by atoms with Crippen LogP contribution in [0.2, 0.25) is 0 Å². The molecule has 6 atom stereocenters. The molecule has 4 rings (SSSR count). The Morgan fingerprint density at radius 2 is 2.23 bits per heavy atom. The van der Waals surface area contributed by atoms with Gasteiger partial charge in [-0.15, -0.1) is 0 Å². The largest absolute Gasteiger partial charge is 0.462 e. The zero-order valence-electron chi connectivity index (χ0n) is 18.4. The maximum Gasteiger partial charge on any atom is 0.257 e. The van der Waals surface area contributed by atoms with E-state index in [4.69, 9.17) is 9.47 Å². The number of hydrogen-bond donors (Lipinski definition) is 3. The zero-order chi connectivity index (χ0) is 22.3. The summed E-state index contributed by atoms with van der Waals surface area (Å²) in [6, 6.07) is 4.57. The summed E-state index contributed by atoms with van der Waals surface area (Å²) < 4.78 is 11.7. The van der Waals surface area contributed by atoms with Gasteiger partial charge in [0.05, 0.1) is 29.4 Å². The van der Waals surface area contributed by atoms with Gasteiger partial charge in [-0.05, 0) is 51.9 Å². The SMILES string of the molecule is CC/C=C1/CC2C=Nc3ccc(OC4OC(C)C(NC)C(C)(O)C4O)cc3C(=O)N2C1. The van der Waals surface area contributed by atoms with Crippen molar-refractivity contribution in [1.82, 2.24) is 10.2 Å². The Bertz CT molecular complexity index is 912. The van der Waals surface area contributed by atoms with Crippen LogP contribution in [-0.2, 0) is 4.74 Å². The summed E-state index contributed by atoms with van der Waals surface area (Å²) in [5, 5.41) is 24.5. The first-order valence-electron chi connectivity index (χ1n) is 10.8. The highest BCUT2D eigenvalue weighted by Gasteiger charge is 2.51. The summed E-state index contributed by atoms with van der Waals surface area (Å²) in [6.45, 7) is 6.05. The third-order valence-corrected chi connectivity index (χ3v) is 6.45. The molecule has 0 bridgehead atoms. The number of benzene rings is 1. The lowest BCUT2D eigenvalue weighted by molar-refractivity contribution is -0.272. The number of carbonyl (C=O) groups excluding carboxylic acids is 1. The van der Waals surface area contributed by atoms with Crippen molar-refractivity contribution < 1.29 is 24.5 Å². The summed E-state index contributed by atoms with van der Waals surface area (Å²) in [5.41, 5.74) is 0.839. The Labute approximate surface area is 182 Å². The van der Waals surface area contributed by atoms with Gasteiger partial charge < -0.3 is 29.9 Å². The van der Waals surface area contributed by atoms with E-state index in [9.17, 15) is 15.0 Å². The second-order valence-electron chi connectivity index (χ2n) is 8.70. The summed E-state index contributed by atoms with van der Waals surface area (Å²) >= 11 is 0. The van der Waals surface area contributed by atoms with Crippen LogP contribution in [0.5, 0.6) is 5.75 Å². The number of aliphatic hydroxyl groups is 2. The van der Waals surface area contributed by atoms with Crippen LogP contribution >= 0.6 is 0 Å². The van der Waals surface area contributed by atoms with Crippen LogP contribution < -0.4 is 10.1 Å². The van der Waals surface area contributed by atoms with Crippen molar-refractivity contribution >= 4 is 17.8 Å². The average Bonchev–Trinajstić information content (AvgIpc) is 3.08. The second-order valence-corrected chi connectivity index (χ2v) is 8.70. The molecule has 6 unspecified atom stereocenters. The Morgan fingerprint density at radius 3 is 2.94 bits per heavy atom. The van der Waals surface area contributed by atoms with Crippen LogP contribution in [-0.4, -0.2) is 77.0 Å². The summed E-state index contributed by atoms with van der Waals surface area (Å²) in [7, 11) is 1.71. The lowest BCUT2D eigenvalue weighted by Gasteiger charge is -2.47. The van der Waals surface area contributed by atoms with E-state index >= 15 is 0 Å². The number of fused-ring (bicyclic) bond motifs is 2. The lowest BCUT2D eigenvalue weighted by Crippen LogP contribution is -2.69. The zero-order valence-corrected chi connectivity index (χ0v) is 18.4. The molecule has 0 aliphatic carbocycles. The number of nitrogens with zero attached hydrogens (tertiary/aromatic N) is 2. The third kappa shape index (κ3) is 3.89. The first kappa shape index (κ1) is 22.0. The summed E-state index contributed by atoms with van der Waals surface area (Å²) in [4.78, 5) is 19.6. The van der Waals surface area contributed by atoms with Crippen LogP contribution in [0.1, 0.15) is 44.0 Å². The number of aliphatic hydroxyl groups excluding tert-OH is 1. The minimum absolute atomic E-state index is 0.0417. The van der Waals surface area contributed by atoms with Crippen molar-refractivity contribution in [3.63, 3.8) is 0 Å². The Hall–Kier alpha value is -2.26. The minimum atomic E-state index is -1.45. The molecule has 3 heterocycles. The first-order valence-corrected chi connectivity index (χ1v) is 10.8. The quantitative estimate of drug-likeness (QED) is 0.631. The van der Waals surface area contributed by atoms with E-state index in [-0.39, 0.29) is 11.9 Å². The molecule has 2 saturated heterocycles. The summed E-state index contributed by atoms with van der Waals surface area (Å²) in [5.74, 6) is 0.280. The Kier molecular flexibility index (Phi) is 5.91. The van der Waals surface area contributed by atoms with Crippen molar-refractivity contribution in [2.75, 3.05) is 13.6 Å². The maximum atomic E-state index is 13.2. The number of amides is 1. The molecule has 3 aliphatic rings. The van der Waals surface area contributed by atoms with Crippen molar-refractivity contribution in [3.05, 3.63) is 35.4 Å². The maximum absolute atomic E-state index is 13.2. The number of ether oxygens (including phenoxy) is 2. The molecule has 0 spiro atoms. The van der Waals surface area contributed by atoms with Gasteiger partial charge in [0.15, 0.2) is 0 Å². The van der Waals surface area contributed by atoms with E-state index in [1.807, 2.05) is 18.0 Å². The van der Waals surface area contributed by atoms with Crippen LogP contribution in [0.4, 0.5) is 5.69 Å². The fourth-order valence-electron chi connectivity index (χ4n) is 4.82. The molecule has 3 N–H and O–H groups in total. The molecule has 8 heteroatoms. The van der Waals surface area contributed by atoms with Gasteiger partial charge in [0.2, 0.25) is 6.29 Å². The fraction of sp³-hybridized carbons (Fsp3) is 0.565. The second kappa shape index (κ2) is 8.35. The van der Waals surface area contributed by atoms with Gasteiger partial charge in [0.25, 0.3) is 5.91 Å². The highest BCUT2D eigenvalue weighted by atomic mass is 16.7. The molecule has 1 amide bonds. The van der Waals surface area contributed by atoms with Gasteiger partial charge in [-0.3, -0.25) is 9.79 Å². The highest BCUT2D eigenvalue weighted by Crippen LogP contribution is 2.35. The molecule has 1 aromatic rings. The number of rotatable bonds is 4. The van der Waals surface area contributed by atoms with E-state index in [0.717, 1.165) is 12.8 Å². The number of likely N-dealkylation sites (N-methyl/N-ethyl adjacent to an activating group) is 1. The minimum Gasteiger partial charge on any atom is -0.462 e. The third-order valence-electron chi connectivity index (χ3n) is 6.45. The monoisotopic (exact) mass is 429 g/mol. The Balaban J connectivity index is 1.57. The predicted octanol–water partition coefficient (Wildman–Crippen LogP) is 1.78. The van der Waals surface area contributed by atoms with Crippen LogP contribution in [0, 0.1) is 0 Å². The van der Waals surface area contributed by atoms with Crippen molar-refractivity contribution in [1.29, 1.82) is 0 Å². The van der Waals surface area contributed by atoms with E-state index < -0.39 is 30.1 Å². The van der Waals surface area contributed by atoms with Crippen LogP contribution in [0.3, 0.4) is 0 Å². The van der Waals surface area contributed by atoms with Gasteiger partial charge in [-0.2, -0.15) is 0 Å². The average molecular weight is 430 g/mol. The number of carbonyl (C=O) groups is 1. The van der Waals surface area contributed by atoms with E-state index in [1.54, 1.807) is 32.2 Å². The molecule has 168 valence electrons. The predicted molar refractivity (Wildman–Crippen MR) is 117 cm³/mol. The van der Waals surface area contributed by atoms with Gasteiger partial charge >= 0.3 is 0 Å². The number of nitrogens with one attached hydrogen (secondary N) is 1. The first-order chi connectivity index (χ1) is 14.8. The summed E-state index contributed by atoms with van der Waals surface area (Å²) in [6.07, 6.45) is 3.01. The fourth-order valence-corrected chi connectivity index (χ4v) is 4.82. The Morgan fingerprint density at radius 1 is 1.45 bits per heavy atom. The molecular formula is C23H31N3O5. The van der Waals surface area contributed by atoms with Crippen LogP contribution in [0.15, 0.2) is 34.8 Å². The molecule has 31 heavy (non-hydrogen) atoms. The van der Waals surface area contributed by atoms with E-state index in [2.05, 4.69) is 23.3 Å². The van der Waals surface area contributed by atoms with Gasteiger partial charge in [-0.1, -0.05) is 18.6 Å². The number of hydrogen-bond acceptors (Lipinski definition) is 7. The van der Waals surface area contributed by atoms with Crippen molar-refractivity contribution in [2.24, 2.45) is 4.99 Å². The van der Waals surface area contributed by atoms with E-state index in [1.165, 1.54) is 5.57 Å². The molecule has 0 saturated carbocycles. The smallest absolute Gasteiger partial charge is 0.257 e. The van der Waals surface area contributed by atoms with Gasteiger partial charge in [0.1, 0.15) is 17.5 Å². The highest BCUT2D eigenvalue weighted by molar-refractivity contribution is 6.03. The topological polar surface area (TPSA) is 104 Å². The standard InChI is InChI=1S/C23H31N3O5/c1-5-6-14-9-15-11-25-18-8-7-16(10-17(18)21(28)26(15)12-14)31-22-20(27)23(3,29)19(24-4)13(2)30-22/h6-8,10-11,13,15,19-20,22,24,27,29H,5,9,12H2,1-4H3/b14-6-. The van der Waals surface area contributed by atoms with Crippen molar-refractivity contribution in [2.45, 2.75) is 69.8 Å². The molecule has 0 radical (unpaired) electrons. The molecule has 2 fully saturated rings. The molecule has 8 nitrogen and oxygen atoms in total.